The number of aromatic nitrogens is 2. The van der Waals surface area contributed by atoms with Crippen LogP contribution >= 0.6 is 11.8 Å². The zero-order chi connectivity index (χ0) is 16.9. The molecule has 7 nitrogen and oxygen atoms in total. The third-order valence-corrected chi connectivity index (χ3v) is 4.94. The normalized spacial score (nSPS) is 20.2. The summed E-state index contributed by atoms with van der Waals surface area (Å²) >= 11 is 1.48. The minimum atomic E-state index is -0.407. The monoisotopic (exact) mass is 348 g/mol. The summed E-state index contributed by atoms with van der Waals surface area (Å²) in [5.41, 5.74) is 0.610. The summed E-state index contributed by atoms with van der Waals surface area (Å²) in [6, 6.07) is 7.42. The summed E-state index contributed by atoms with van der Waals surface area (Å²) < 4.78 is 5.10. The first kappa shape index (κ1) is 16.9. The third-order valence-electron chi connectivity index (χ3n) is 3.88. The summed E-state index contributed by atoms with van der Waals surface area (Å²) in [7, 11) is 0. The van der Waals surface area contributed by atoms with E-state index in [2.05, 4.69) is 20.8 Å². The van der Waals surface area contributed by atoms with Gasteiger partial charge in [0.05, 0.1) is 17.4 Å². The van der Waals surface area contributed by atoms with Crippen LogP contribution in [0.4, 0.5) is 0 Å². The van der Waals surface area contributed by atoms with E-state index in [1.165, 1.54) is 11.8 Å². The van der Waals surface area contributed by atoms with Gasteiger partial charge in [0.15, 0.2) is 5.82 Å². The van der Waals surface area contributed by atoms with Crippen LogP contribution in [0.3, 0.4) is 0 Å². The molecule has 24 heavy (non-hydrogen) atoms. The molecule has 1 amide bonds. The topological polar surface area (TPSA) is 100 Å². The average Bonchev–Trinajstić information content (AvgIpc) is 3.19. The standard InChI is InChI=1S/C16H20N4O3S/c1-10-19-15(23-20-10)9-24-14-5-3-2-4-12(14)16(22)18-7-11-6-17-8-13(11)21/h2-5,11,13,17,21H,6-9H2,1H3,(H,18,22). The molecule has 2 unspecified atom stereocenters. The summed E-state index contributed by atoms with van der Waals surface area (Å²) in [5, 5.41) is 19.6. The number of aliphatic hydroxyl groups excluding tert-OH is 1. The Labute approximate surface area is 144 Å². The Kier molecular flexibility index (Phi) is 5.49. The predicted molar refractivity (Wildman–Crippen MR) is 89.7 cm³/mol. The molecule has 1 saturated heterocycles. The highest BCUT2D eigenvalue weighted by Gasteiger charge is 2.25. The van der Waals surface area contributed by atoms with Crippen molar-refractivity contribution in [1.29, 1.82) is 0 Å². The van der Waals surface area contributed by atoms with E-state index >= 15 is 0 Å². The molecule has 1 aliphatic rings. The van der Waals surface area contributed by atoms with Gasteiger partial charge in [-0.3, -0.25) is 4.79 Å². The first-order valence-corrected chi connectivity index (χ1v) is 8.80. The molecule has 3 N–H and O–H groups in total. The van der Waals surface area contributed by atoms with Crippen molar-refractivity contribution in [2.45, 2.75) is 23.7 Å². The Morgan fingerprint density at radius 2 is 2.29 bits per heavy atom. The van der Waals surface area contributed by atoms with Gasteiger partial charge in [-0.2, -0.15) is 4.98 Å². The number of nitrogens with zero attached hydrogens (tertiary/aromatic N) is 2. The molecule has 1 aromatic heterocycles. The van der Waals surface area contributed by atoms with Crippen molar-refractivity contribution in [2.24, 2.45) is 5.92 Å². The molecular formula is C16H20N4O3S. The van der Waals surface area contributed by atoms with Crippen molar-refractivity contribution in [3.05, 3.63) is 41.5 Å². The van der Waals surface area contributed by atoms with Crippen LogP contribution < -0.4 is 10.6 Å². The van der Waals surface area contributed by atoms with Gasteiger partial charge < -0.3 is 20.3 Å². The van der Waals surface area contributed by atoms with E-state index in [-0.39, 0.29) is 11.8 Å². The van der Waals surface area contributed by atoms with Crippen molar-refractivity contribution in [3.63, 3.8) is 0 Å². The van der Waals surface area contributed by atoms with Gasteiger partial charge in [0.1, 0.15) is 0 Å². The van der Waals surface area contributed by atoms with Gasteiger partial charge in [-0.05, 0) is 19.1 Å². The van der Waals surface area contributed by atoms with Gasteiger partial charge in [-0.25, -0.2) is 0 Å². The molecule has 2 aromatic rings. The summed E-state index contributed by atoms with van der Waals surface area (Å²) in [4.78, 5) is 17.5. The second-order valence-corrected chi connectivity index (χ2v) is 6.73. The van der Waals surface area contributed by atoms with Gasteiger partial charge in [-0.1, -0.05) is 17.3 Å². The van der Waals surface area contributed by atoms with Crippen LogP contribution in [-0.4, -0.2) is 46.9 Å². The number of nitrogens with one attached hydrogen (secondary N) is 2. The van der Waals surface area contributed by atoms with Crippen molar-refractivity contribution in [3.8, 4) is 0 Å². The maximum absolute atomic E-state index is 12.5. The van der Waals surface area contributed by atoms with Crippen LogP contribution in [-0.2, 0) is 5.75 Å². The zero-order valence-corrected chi connectivity index (χ0v) is 14.2. The fraction of sp³-hybridized carbons (Fsp3) is 0.438. The molecule has 1 aromatic carbocycles. The van der Waals surface area contributed by atoms with Crippen LogP contribution in [0.2, 0.25) is 0 Å². The number of hydrogen-bond acceptors (Lipinski definition) is 7. The van der Waals surface area contributed by atoms with Crippen LogP contribution in [0.1, 0.15) is 22.1 Å². The van der Waals surface area contributed by atoms with Gasteiger partial charge in [0.25, 0.3) is 5.91 Å². The van der Waals surface area contributed by atoms with E-state index < -0.39 is 6.10 Å². The lowest BCUT2D eigenvalue weighted by Gasteiger charge is -2.15. The number of amides is 1. The Morgan fingerprint density at radius 1 is 1.46 bits per heavy atom. The molecule has 128 valence electrons. The van der Waals surface area contributed by atoms with Crippen molar-refractivity contribution in [1.82, 2.24) is 20.8 Å². The molecule has 3 rings (SSSR count). The largest absolute Gasteiger partial charge is 0.391 e. The van der Waals surface area contributed by atoms with E-state index in [1.54, 1.807) is 13.0 Å². The first-order chi connectivity index (χ1) is 11.6. The second-order valence-electron chi connectivity index (χ2n) is 5.72. The summed E-state index contributed by atoms with van der Waals surface area (Å²) in [5.74, 6) is 1.55. The van der Waals surface area contributed by atoms with Crippen LogP contribution in [0, 0.1) is 12.8 Å². The average molecular weight is 348 g/mol. The number of carbonyl (C=O) groups is 1. The molecule has 2 heterocycles. The Bertz CT molecular complexity index is 706. The lowest BCUT2D eigenvalue weighted by Crippen LogP contribution is -2.34. The fourth-order valence-electron chi connectivity index (χ4n) is 2.56. The highest BCUT2D eigenvalue weighted by Crippen LogP contribution is 2.25. The number of aryl methyl sites for hydroxylation is 1. The molecule has 0 aliphatic carbocycles. The molecule has 8 heteroatoms. The number of β-amino-alcohol motifs (C(OH)–C–C–N with tert-alkyl or cyclic N) is 1. The lowest BCUT2D eigenvalue weighted by molar-refractivity contribution is 0.0924. The smallest absolute Gasteiger partial charge is 0.252 e. The van der Waals surface area contributed by atoms with Crippen molar-refractivity contribution in [2.75, 3.05) is 19.6 Å². The number of rotatable bonds is 6. The molecule has 1 aliphatic heterocycles. The van der Waals surface area contributed by atoms with Gasteiger partial charge >= 0.3 is 0 Å². The maximum atomic E-state index is 12.5. The number of carbonyl (C=O) groups excluding carboxylic acids is 1. The number of hydrogen-bond donors (Lipinski definition) is 3. The summed E-state index contributed by atoms with van der Waals surface area (Å²) in [6.07, 6.45) is -0.407. The van der Waals surface area contributed by atoms with Gasteiger partial charge in [-0.15, -0.1) is 11.8 Å². The van der Waals surface area contributed by atoms with Gasteiger partial charge in [0.2, 0.25) is 5.89 Å². The van der Waals surface area contributed by atoms with E-state index in [0.717, 1.165) is 4.90 Å². The number of benzene rings is 1. The molecular weight excluding hydrogens is 328 g/mol. The van der Waals surface area contributed by atoms with E-state index in [9.17, 15) is 9.90 Å². The highest BCUT2D eigenvalue weighted by atomic mass is 32.2. The highest BCUT2D eigenvalue weighted by molar-refractivity contribution is 7.98. The number of aliphatic hydroxyl groups is 1. The van der Waals surface area contributed by atoms with Crippen LogP contribution in [0.5, 0.6) is 0 Å². The van der Waals surface area contributed by atoms with Crippen molar-refractivity contribution >= 4 is 17.7 Å². The quantitative estimate of drug-likeness (QED) is 0.669. The fourth-order valence-corrected chi connectivity index (χ4v) is 3.45. The van der Waals surface area contributed by atoms with E-state index in [1.807, 2.05) is 18.2 Å². The summed E-state index contributed by atoms with van der Waals surface area (Å²) in [6.45, 7) is 3.52. The Morgan fingerprint density at radius 3 is 3.00 bits per heavy atom. The second kappa shape index (κ2) is 7.78. The van der Waals surface area contributed by atoms with Gasteiger partial charge in [0, 0.05) is 30.4 Å². The predicted octanol–water partition coefficient (Wildman–Crippen LogP) is 0.980. The third kappa shape index (κ3) is 4.14. The van der Waals surface area contributed by atoms with E-state index in [0.29, 0.717) is 42.7 Å². The molecule has 1 fully saturated rings. The minimum Gasteiger partial charge on any atom is -0.391 e. The minimum absolute atomic E-state index is 0.0510. The SMILES string of the molecule is Cc1noc(CSc2ccccc2C(=O)NCC2CNCC2O)n1. The first-order valence-electron chi connectivity index (χ1n) is 7.81. The molecule has 0 radical (unpaired) electrons. The number of thioether (sulfide) groups is 1. The molecule has 0 spiro atoms. The Balaban J connectivity index is 1.61. The van der Waals surface area contributed by atoms with Crippen LogP contribution in [0.15, 0.2) is 33.7 Å². The zero-order valence-electron chi connectivity index (χ0n) is 13.4. The lowest BCUT2D eigenvalue weighted by atomic mass is 10.1. The van der Waals surface area contributed by atoms with E-state index in [4.69, 9.17) is 4.52 Å². The maximum Gasteiger partial charge on any atom is 0.252 e. The van der Waals surface area contributed by atoms with Crippen LogP contribution in [0.25, 0.3) is 0 Å². The molecule has 0 saturated carbocycles. The Hall–Kier alpha value is -1.90. The molecule has 0 bridgehead atoms. The van der Waals surface area contributed by atoms with Crippen molar-refractivity contribution < 1.29 is 14.4 Å². The molecule has 2 atom stereocenters.